The number of aliphatic hydroxyl groups excluding tert-OH is 2. The van der Waals surface area contributed by atoms with Gasteiger partial charge in [-0.3, -0.25) is 0 Å². The standard InChI is InChI=1S/C19H33N5O2/c1-14-8-20-19(21-18(14)22(2)3)24-10-16(17(11-24)13-26)9-23-6-4-15(12-25)5-7-23/h8,15-17,25-26H,4-7,9-13H2,1-3H3/t16-,17-/m1/s1. The van der Waals surface area contributed by atoms with Crippen LogP contribution in [-0.4, -0.2) is 85.1 Å². The van der Waals surface area contributed by atoms with Gasteiger partial charge in [0.15, 0.2) is 0 Å². The van der Waals surface area contributed by atoms with Crippen LogP contribution in [-0.2, 0) is 0 Å². The minimum atomic E-state index is 0.209. The molecule has 0 saturated carbocycles. The highest BCUT2D eigenvalue weighted by Gasteiger charge is 2.35. The molecular weight excluding hydrogens is 330 g/mol. The van der Waals surface area contributed by atoms with Gasteiger partial charge in [-0.25, -0.2) is 4.98 Å². The molecule has 2 aliphatic rings. The molecule has 0 unspecified atom stereocenters. The molecule has 3 heterocycles. The average Bonchev–Trinajstić information content (AvgIpc) is 3.05. The van der Waals surface area contributed by atoms with E-state index in [1.54, 1.807) is 0 Å². The van der Waals surface area contributed by atoms with Crippen molar-refractivity contribution in [2.75, 3.05) is 69.8 Å². The molecule has 26 heavy (non-hydrogen) atoms. The minimum absolute atomic E-state index is 0.209. The quantitative estimate of drug-likeness (QED) is 0.766. The van der Waals surface area contributed by atoms with Crippen molar-refractivity contribution in [3.63, 3.8) is 0 Å². The first-order valence-electron chi connectivity index (χ1n) is 9.71. The maximum absolute atomic E-state index is 9.87. The van der Waals surface area contributed by atoms with Crippen LogP contribution in [0.2, 0.25) is 0 Å². The molecule has 0 spiro atoms. The van der Waals surface area contributed by atoms with Gasteiger partial charge in [-0.15, -0.1) is 0 Å². The van der Waals surface area contributed by atoms with Crippen molar-refractivity contribution in [2.24, 2.45) is 17.8 Å². The van der Waals surface area contributed by atoms with E-state index in [2.05, 4.69) is 14.8 Å². The maximum atomic E-state index is 9.87. The van der Waals surface area contributed by atoms with Crippen LogP contribution in [0.5, 0.6) is 0 Å². The molecule has 2 N–H and O–H groups in total. The molecule has 0 aromatic carbocycles. The SMILES string of the molecule is Cc1cnc(N2C[C@@H](CN3CCC(CO)CC3)[C@@H](CO)C2)nc1N(C)C. The second-order valence-corrected chi connectivity index (χ2v) is 8.11. The molecule has 2 saturated heterocycles. The van der Waals surface area contributed by atoms with E-state index in [0.29, 0.717) is 18.4 Å². The first-order chi connectivity index (χ1) is 12.5. The molecule has 0 radical (unpaired) electrons. The lowest BCUT2D eigenvalue weighted by molar-refractivity contribution is 0.106. The van der Waals surface area contributed by atoms with Gasteiger partial charge in [0.25, 0.3) is 0 Å². The summed E-state index contributed by atoms with van der Waals surface area (Å²) in [7, 11) is 4.00. The summed E-state index contributed by atoms with van der Waals surface area (Å²) < 4.78 is 0. The van der Waals surface area contributed by atoms with Crippen LogP contribution in [0, 0.1) is 24.7 Å². The molecule has 2 fully saturated rings. The Bertz CT molecular complexity index is 589. The van der Waals surface area contributed by atoms with Gasteiger partial charge in [-0.05, 0) is 44.7 Å². The molecule has 0 aliphatic carbocycles. The minimum Gasteiger partial charge on any atom is -0.396 e. The lowest BCUT2D eigenvalue weighted by Crippen LogP contribution is -2.40. The Morgan fingerprint density at radius 2 is 1.81 bits per heavy atom. The summed E-state index contributed by atoms with van der Waals surface area (Å²) in [6.07, 6.45) is 4.03. The summed E-state index contributed by atoms with van der Waals surface area (Å²) in [6.45, 7) is 7.34. The monoisotopic (exact) mass is 363 g/mol. The second-order valence-electron chi connectivity index (χ2n) is 8.11. The van der Waals surface area contributed by atoms with Crippen LogP contribution in [0.3, 0.4) is 0 Å². The van der Waals surface area contributed by atoms with Crippen molar-refractivity contribution in [1.82, 2.24) is 14.9 Å². The molecule has 1 aromatic heterocycles. The molecule has 3 rings (SSSR count). The number of aliphatic hydroxyl groups is 2. The Labute approximate surface area is 156 Å². The van der Waals surface area contributed by atoms with Gasteiger partial charge in [0.05, 0.1) is 0 Å². The molecule has 2 aliphatic heterocycles. The van der Waals surface area contributed by atoms with Crippen LogP contribution in [0.4, 0.5) is 11.8 Å². The Hall–Kier alpha value is -1.44. The topological polar surface area (TPSA) is 76.0 Å². The van der Waals surface area contributed by atoms with Gasteiger partial charge in [0.1, 0.15) is 5.82 Å². The summed E-state index contributed by atoms with van der Waals surface area (Å²) in [6, 6.07) is 0. The third kappa shape index (κ3) is 4.27. The fraction of sp³-hybridized carbons (Fsp3) is 0.789. The van der Waals surface area contributed by atoms with Gasteiger partial charge in [0, 0.05) is 64.6 Å². The van der Waals surface area contributed by atoms with E-state index >= 15 is 0 Å². The first-order valence-corrected chi connectivity index (χ1v) is 9.71. The van der Waals surface area contributed by atoms with Gasteiger partial charge in [-0.1, -0.05) is 0 Å². The predicted octanol–water partition coefficient (Wildman–Crippen LogP) is 0.600. The Kier molecular flexibility index (Phi) is 6.32. The van der Waals surface area contributed by atoms with Crippen LogP contribution < -0.4 is 9.80 Å². The number of rotatable bonds is 6. The van der Waals surface area contributed by atoms with E-state index in [0.717, 1.165) is 62.9 Å². The molecule has 0 amide bonds. The number of likely N-dealkylation sites (tertiary alicyclic amines) is 1. The van der Waals surface area contributed by atoms with Gasteiger partial charge >= 0.3 is 0 Å². The number of nitrogens with zero attached hydrogens (tertiary/aromatic N) is 5. The fourth-order valence-electron chi connectivity index (χ4n) is 4.23. The fourth-order valence-corrected chi connectivity index (χ4v) is 4.23. The zero-order chi connectivity index (χ0) is 18.7. The lowest BCUT2D eigenvalue weighted by atomic mass is 9.93. The van der Waals surface area contributed by atoms with E-state index in [1.807, 2.05) is 32.1 Å². The molecule has 0 bridgehead atoms. The van der Waals surface area contributed by atoms with Gasteiger partial charge in [-0.2, -0.15) is 4.98 Å². The van der Waals surface area contributed by atoms with E-state index < -0.39 is 0 Å². The van der Waals surface area contributed by atoms with E-state index in [-0.39, 0.29) is 12.5 Å². The summed E-state index contributed by atoms with van der Waals surface area (Å²) >= 11 is 0. The summed E-state index contributed by atoms with van der Waals surface area (Å²) in [5.74, 6) is 2.87. The van der Waals surface area contributed by atoms with Gasteiger partial charge in [0.2, 0.25) is 5.95 Å². The number of piperidine rings is 1. The third-order valence-electron chi connectivity index (χ3n) is 5.91. The zero-order valence-corrected chi connectivity index (χ0v) is 16.3. The number of hydrogen-bond donors (Lipinski definition) is 2. The van der Waals surface area contributed by atoms with Crippen LogP contribution >= 0.6 is 0 Å². The molecule has 1 aromatic rings. The van der Waals surface area contributed by atoms with Crippen molar-refractivity contribution in [1.29, 1.82) is 0 Å². The highest BCUT2D eigenvalue weighted by molar-refractivity contribution is 5.49. The summed E-state index contributed by atoms with van der Waals surface area (Å²) in [4.78, 5) is 16.0. The van der Waals surface area contributed by atoms with E-state index in [4.69, 9.17) is 4.98 Å². The van der Waals surface area contributed by atoms with Crippen molar-refractivity contribution in [3.05, 3.63) is 11.8 Å². The normalized spacial score (nSPS) is 25.0. The zero-order valence-electron chi connectivity index (χ0n) is 16.3. The molecular formula is C19H33N5O2. The first kappa shape index (κ1) is 19.3. The third-order valence-corrected chi connectivity index (χ3v) is 5.91. The van der Waals surface area contributed by atoms with Gasteiger partial charge < -0.3 is 24.9 Å². The number of hydrogen-bond acceptors (Lipinski definition) is 7. The Balaban J connectivity index is 1.65. The smallest absolute Gasteiger partial charge is 0.227 e. The Morgan fingerprint density at radius 3 is 2.42 bits per heavy atom. The number of anilines is 2. The average molecular weight is 364 g/mol. The van der Waals surface area contributed by atoms with Crippen LogP contribution in [0.1, 0.15) is 18.4 Å². The number of aryl methyl sites for hydroxylation is 1. The Morgan fingerprint density at radius 1 is 1.12 bits per heavy atom. The molecule has 7 heteroatoms. The molecule has 7 nitrogen and oxygen atoms in total. The van der Waals surface area contributed by atoms with E-state index in [9.17, 15) is 10.2 Å². The van der Waals surface area contributed by atoms with Crippen molar-refractivity contribution in [2.45, 2.75) is 19.8 Å². The highest BCUT2D eigenvalue weighted by Crippen LogP contribution is 2.29. The largest absolute Gasteiger partial charge is 0.396 e. The van der Waals surface area contributed by atoms with Crippen LogP contribution in [0.25, 0.3) is 0 Å². The van der Waals surface area contributed by atoms with Crippen LogP contribution in [0.15, 0.2) is 6.20 Å². The summed E-state index contributed by atoms with van der Waals surface area (Å²) in [5.41, 5.74) is 1.07. The second kappa shape index (κ2) is 8.50. The number of aromatic nitrogens is 2. The summed E-state index contributed by atoms with van der Waals surface area (Å²) in [5, 5.41) is 19.2. The highest BCUT2D eigenvalue weighted by atomic mass is 16.3. The van der Waals surface area contributed by atoms with E-state index in [1.165, 1.54) is 0 Å². The van der Waals surface area contributed by atoms with Crippen molar-refractivity contribution >= 4 is 11.8 Å². The predicted molar refractivity (Wildman–Crippen MR) is 104 cm³/mol. The lowest BCUT2D eigenvalue weighted by Gasteiger charge is -2.33. The maximum Gasteiger partial charge on any atom is 0.227 e. The molecule has 146 valence electrons. The van der Waals surface area contributed by atoms with Crippen molar-refractivity contribution in [3.8, 4) is 0 Å². The molecule has 2 atom stereocenters. The van der Waals surface area contributed by atoms with Crippen molar-refractivity contribution < 1.29 is 10.2 Å².